The lowest BCUT2D eigenvalue weighted by molar-refractivity contribution is 0.514. The molecule has 0 unspecified atom stereocenters. The van der Waals surface area contributed by atoms with Crippen molar-refractivity contribution in [2.75, 3.05) is 5.75 Å². The molecule has 5 aromatic rings. The normalized spacial score (nSPS) is 11.3. The lowest BCUT2D eigenvalue weighted by Gasteiger charge is -2.10. The first-order valence-corrected chi connectivity index (χ1v) is 10.5. The van der Waals surface area contributed by atoms with Crippen molar-refractivity contribution in [3.8, 4) is 17.1 Å². The van der Waals surface area contributed by atoms with E-state index in [-0.39, 0.29) is 11.6 Å². The van der Waals surface area contributed by atoms with E-state index in [0.29, 0.717) is 28.9 Å². The third kappa shape index (κ3) is 3.75. The lowest BCUT2D eigenvalue weighted by Crippen LogP contribution is -2.15. The highest BCUT2D eigenvalue weighted by Gasteiger charge is 2.17. The van der Waals surface area contributed by atoms with Gasteiger partial charge < -0.3 is 4.42 Å². The van der Waals surface area contributed by atoms with E-state index in [9.17, 15) is 9.18 Å². The van der Waals surface area contributed by atoms with Gasteiger partial charge in [0.1, 0.15) is 5.82 Å². The largest absolute Gasteiger partial charge is 0.419 e. The van der Waals surface area contributed by atoms with Gasteiger partial charge in [0, 0.05) is 35.9 Å². The molecule has 0 spiro atoms. The van der Waals surface area contributed by atoms with Crippen LogP contribution in [0.2, 0.25) is 0 Å². The summed E-state index contributed by atoms with van der Waals surface area (Å²) >= 11 is 1.46. The summed E-state index contributed by atoms with van der Waals surface area (Å²) in [4.78, 5) is 16.3. The number of pyridine rings is 1. The van der Waals surface area contributed by atoms with Gasteiger partial charge >= 0.3 is 5.76 Å². The van der Waals surface area contributed by atoms with Gasteiger partial charge in [-0.1, -0.05) is 23.9 Å². The summed E-state index contributed by atoms with van der Waals surface area (Å²) < 4.78 is 22.2. The predicted molar refractivity (Wildman–Crippen MR) is 116 cm³/mol. The molecule has 0 amide bonds. The smallest absolute Gasteiger partial charge is 0.408 e. The molecule has 0 N–H and O–H groups in total. The first kappa shape index (κ1) is 19.3. The maximum absolute atomic E-state index is 13.5. The van der Waals surface area contributed by atoms with Gasteiger partial charge in [0.05, 0.1) is 5.52 Å². The minimum atomic E-state index is -0.390. The fourth-order valence-corrected chi connectivity index (χ4v) is 4.20. The van der Waals surface area contributed by atoms with Crippen molar-refractivity contribution in [2.24, 2.45) is 0 Å². The molecule has 0 atom stereocenters. The monoisotopic (exact) mass is 433 g/mol. The number of hydrogen-bond donors (Lipinski definition) is 0. The Labute approximate surface area is 180 Å². The van der Waals surface area contributed by atoms with Crippen LogP contribution in [0.4, 0.5) is 4.39 Å². The van der Waals surface area contributed by atoms with Crippen molar-refractivity contribution in [2.45, 2.75) is 11.7 Å². The number of para-hydroxylation sites is 2. The van der Waals surface area contributed by atoms with Crippen molar-refractivity contribution >= 4 is 22.9 Å². The van der Waals surface area contributed by atoms with Gasteiger partial charge in [-0.3, -0.25) is 14.1 Å². The number of fused-ring (bicyclic) bond motifs is 1. The van der Waals surface area contributed by atoms with Crippen LogP contribution >= 0.6 is 11.8 Å². The van der Waals surface area contributed by atoms with Crippen LogP contribution in [0.25, 0.3) is 28.2 Å². The van der Waals surface area contributed by atoms with Gasteiger partial charge in [-0.2, -0.15) is 0 Å². The summed E-state index contributed by atoms with van der Waals surface area (Å²) in [5.74, 6) is 0.489. The summed E-state index contributed by atoms with van der Waals surface area (Å²) in [5, 5.41) is 9.34. The van der Waals surface area contributed by atoms with Crippen LogP contribution in [0.3, 0.4) is 0 Å². The average Bonchev–Trinajstić information content (AvgIpc) is 3.36. The quantitative estimate of drug-likeness (QED) is 0.374. The molecule has 2 aromatic carbocycles. The average molecular weight is 433 g/mol. The Balaban J connectivity index is 1.46. The summed E-state index contributed by atoms with van der Waals surface area (Å²) in [6.07, 6.45) is 3.37. The molecule has 0 aliphatic heterocycles. The fraction of sp³-hybridized carbons (Fsp3) is 0.0909. The Morgan fingerprint density at radius 1 is 0.968 bits per heavy atom. The Hall–Kier alpha value is -3.72. The van der Waals surface area contributed by atoms with Crippen LogP contribution in [0.1, 0.15) is 0 Å². The highest BCUT2D eigenvalue weighted by atomic mass is 32.2. The Kier molecular flexibility index (Phi) is 5.09. The van der Waals surface area contributed by atoms with Crippen molar-refractivity contribution in [3.63, 3.8) is 0 Å². The first-order chi connectivity index (χ1) is 15.2. The van der Waals surface area contributed by atoms with Gasteiger partial charge in [-0.25, -0.2) is 9.18 Å². The topological polar surface area (TPSA) is 78.7 Å². The molecule has 0 aliphatic carbocycles. The number of halogens is 1. The molecule has 9 heteroatoms. The SMILES string of the molecule is O=c1oc2ccccc2n1CCSc1nnc(-c2ccncc2)n1-c1ccc(F)cc1. The zero-order valence-electron chi connectivity index (χ0n) is 16.2. The number of aromatic nitrogens is 5. The number of benzene rings is 2. The molecule has 0 aliphatic rings. The third-order valence-electron chi connectivity index (χ3n) is 4.78. The Morgan fingerprint density at radius 3 is 2.55 bits per heavy atom. The molecule has 154 valence electrons. The van der Waals surface area contributed by atoms with Crippen LogP contribution < -0.4 is 5.76 Å². The first-order valence-electron chi connectivity index (χ1n) is 9.53. The second kappa shape index (κ2) is 8.19. The number of rotatable bonds is 6. The minimum Gasteiger partial charge on any atom is -0.408 e. The highest BCUT2D eigenvalue weighted by Crippen LogP contribution is 2.28. The summed E-state index contributed by atoms with van der Waals surface area (Å²) in [5.41, 5.74) is 2.90. The molecule has 3 aromatic heterocycles. The Bertz CT molecular complexity index is 1390. The third-order valence-corrected chi connectivity index (χ3v) is 5.69. The van der Waals surface area contributed by atoms with E-state index in [1.54, 1.807) is 35.2 Å². The summed E-state index contributed by atoms with van der Waals surface area (Å²) in [6.45, 7) is 0.446. The molecule has 0 saturated carbocycles. The number of nitrogens with zero attached hydrogens (tertiary/aromatic N) is 5. The van der Waals surface area contributed by atoms with E-state index in [1.165, 1.54) is 23.9 Å². The molecule has 0 fully saturated rings. The Morgan fingerprint density at radius 2 is 1.74 bits per heavy atom. The number of aryl methyl sites for hydroxylation is 1. The van der Waals surface area contributed by atoms with E-state index in [2.05, 4.69) is 15.2 Å². The van der Waals surface area contributed by atoms with Gasteiger partial charge in [0.15, 0.2) is 16.6 Å². The summed E-state index contributed by atoms with van der Waals surface area (Å²) in [7, 11) is 0. The van der Waals surface area contributed by atoms with Crippen LogP contribution in [-0.4, -0.2) is 30.1 Å². The van der Waals surface area contributed by atoms with E-state index < -0.39 is 0 Å². The van der Waals surface area contributed by atoms with E-state index in [4.69, 9.17) is 4.42 Å². The zero-order chi connectivity index (χ0) is 21.2. The second-order valence-corrected chi connectivity index (χ2v) is 7.75. The van der Waals surface area contributed by atoms with Crippen molar-refractivity contribution in [3.05, 3.63) is 89.4 Å². The molecule has 0 saturated heterocycles. The van der Waals surface area contributed by atoms with Crippen LogP contribution in [-0.2, 0) is 6.54 Å². The molecule has 7 nitrogen and oxygen atoms in total. The number of hydrogen-bond acceptors (Lipinski definition) is 6. The van der Waals surface area contributed by atoms with Crippen molar-refractivity contribution in [1.29, 1.82) is 0 Å². The highest BCUT2D eigenvalue weighted by molar-refractivity contribution is 7.99. The molecule has 5 rings (SSSR count). The summed E-state index contributed by atoms with van der Waals surface area (Å²) in [6, 6.07) is 17.2. The van der Waals surface area contributed by atoms with Gasteiger partial charge in [0.2, 0.25) is 0 Å². The standard InChI is InChI=1S/C22H16FN5O2S/c23-16-5-7-17(8-6-16)28-20(15-9-11-24-12-10-15)25-26-21(28)31-14-13-27-18-3-1-2-4-19(18)30-22(27)29/h1-12H,13-14H2. The molecule has 0 bridgehead atoms. The van der Waals surface area contributed by atoms with E-state index >= 15 is 0 Å². The fourth-order valence-electron chi connectivity index (χ4n) is 3.33. The van der Waals surface area contributed by atoms with Gasteiger partial charge in [-0.05, 0) is 48.5 Å². The number of oxazole rings is 1. The van der Waals surface area contributed by atoms with Crippen molar-refractivity contribution in [1.82, 2.24) is 24.3 Å². The molecule has 31 heavy (non-hydrogen) atoms. The van der Waals surface area contributed by atoms with E-state index in [0.717, 1.165) is 16.8 Å². The lowest BCUT2D eigenvalue weighted by atomic mass is 10.2. The zero-order valence-corrected chi connectivity index (χ0v) is 17.0. The van der Waals surface area contributed by atoms with Gasteiger partial charge in [0.25, 0.3) is 0 Å². The predicted octanol–water partition coefficient (Wildman–Crippen LogP) is 4.17. The molecule has 3 heterocycles. The van der Waals surface area contributed by atoms with Crippen LogP contribution in [0.5, 0.6) is 0 Å². The molecule has 0 radical (unpaired) electrons. The van der Waals surface area contributed by atoms with E-state index in [1.807, 2.05) is 34.9 Å². The molecular weight excluding hydrogens is 417 g/mol. The van der Waals surface area contributed by atoms with Crippen LogP contribution in [0, 0.1) is 5.82 Å². The van der Waals surface area contributed by atoms with Gasteiger partial charge in [-0.15, -0.1) is 10.2 Å². The maximum atomic E-state index is 13.5. The maximum Gasteiger partial charge on any atom is 0.419 e. The minimum absolute atomic E-state index is 0.317. The van der Waals surface area contributed by atoms with Crippen molar-refractivity contribution < 1.29 is 8.81 Å². The number of thioether (sulfide) groups is 1. The molecular formula is C22H16FN5O2S. The van der Waals surface area contributed by atoms with Crippen LogP contribution in [0.15, 0.2) is 87.4 Å². The second-order valence-electron chi connectivity index (χ2n) is 6.69.